The van der Waals surface area contributed by atoms with E-state index in [-0.39, 0.29) is 0 Å². The monoisotopic (exact) mass is 200 g/mol. The van der Waals surface area contributed by atoms with Gasteiger partial charge in [-0.1, -0.05) is 13.8 Å². The second-order valence-corrected chi connectivity index (χ2v) is 3.78. The smallest absolute Gasteiger partial charge is 0.324 e. The van der Waals surface area contributed by atoms with Crippen LogP contribution in [0.25, 0.3) is 0 Å². The quantitative estimate of drug-likeness (QED) is 0.695. The van der Waals surface area contributed by atoms with Crippen LogP contribution < -0.4 is 5.32 Å². The molecule has 0 spiro atoms. The van der Waals surface area contributed by atoms with Gasteiger partial charge in [0.2, 0.25) is 0 Å². The molecule has 0 atom stereocenters. The number of piperazine rings is 1. The maximum atomic E-state index is 11.3. The molecule has 0 aliphatic carbocycles. The molecule has 0 amide bonds. The van der Waals surface area contributed by atoms with Crippen LogP contribution in [0.1, 0.15) is 26.7 Å². The normalized spacial score (nSPS) is 19.6. The van der Waals surface area contributed by atoms with Gasteiger partial charge in [-0.15, -0.1) is 0 Å². The van der Waals surface area contributed by atoms with E-state index in [0.717, 1.165) is 26.2 Å². The molecule has 0 saturated carbocycles. The Balaban J connectivity index is 2.78. The zero-order valence-corrected chi connectivity index (χ0v) is 9.05. The molecular weight excluding hydrogens is 180 g/mol. The van der Waals surface area contributed by atoms with E-state index >= 15 is 0 Å². The molecule has 1 rings (SSSR count). The Morgan fingerprint density at radius 3 is 2.21 bits per heavy atom. The first-order chi connectivity index (χ1) is 6.67. The Labute approximate surface area is 85.3 Å². The van der Waals surface area contributed by atoms with E-state index in [4.69, 9.17) is 0 Å². The molecule has 1 heterocycles. The van der Waals surface area contributed by atoms with Crippen LogP contribution in [0.2, 0.25) is 0 Å². The van der Waals surface area contributed by atoms with Gasteiger partial charge in [0.25, 0.3) is 0 Å². The van der Waals surface area contributed by atoms with Crippen LogP contribution in [0.15, 0.2) is 0 Å². The molecule has 1 aliphatic heterocycles. The second-order valence-electron chi connectivity index (χ2n) is 3.78. The summed E-state index contributed by atoms with van der Waals surface area (Å²) in [4.78, 5) is 13.4. The van der Waals surface area contributed by atoms with E-state index in [1.165, 1.54) is 0 Å². The van der Waals surface area contributed by atoms with E-state index in [1.807, 2.05) is 13.8 Å². The van der Waals surface area contributed by atoms with Crippen molar-refractivity contribution < 1.29 is 9.90 Å². The molecular formula is C10H20N2O2. The number of nitrogens with zero attached hydrogens (tertiary/aromatic N) is 1. The van der Waals surface area contributed by atoms with E-state index < -0.39 is 11.5 Å². The Morgan fingerprint density at radius 1 is 1.36 bits per heavy atom. The number of nitrogens with one attached hydrogen (secondary N) is 1. The highest BCUT2D eigenvalue weighted by Crippen LogP contribution is 2.24. The highest BCUT2D eigenvalue weighted by atomic mass is 16.4. The first-order valence-electron chi connectivity index (χ1n) is 5.36. The van der Waals surface area contributed by atoms with Crippen LogP contribution in [-0.2, 0) is 4.79 Å². The minimum Gasteiger partial charge on any atom is -0.480 e. The van der Waals surface area contributed by atoms with Gasteiger partial charge in [-0.25, -0.2) is 0 Å². The van der Waals surface area contributed by atoms with Crippen LogP contribution in [0.4, 0.5) is 0 Å². The van der Waals surface area contributed by atoms with Gasteiger partial charge in [0, 0.05) is 26.2 Å². The highest BCUT2D eigenvalue weighted by Gasteiger charge is 2.41. The zero-order chi connectivity index (χ0) is 10.6. The number of rotatable bonds is 4. The summed E-state index contributed by atoms with van der Waals surface area (Å²) in [5, 5.41) is 12.6. The molecule has 0 aromatic rings. The molecule has 0 radical (unpaired) electrons. The summed E-state index contributed by atoms with van der Waals surface area (Å²) in [5.74, 6) is -0.676. The summed E-state index contributed by atoms with van der Waals surface area (Å²) in [5.41, 5.74) is -0.637. The first-order valence-corrected chi connectivity index (χ1v) is 5.36. The van der Waals surface area contributed by atoms with E-state index in [9.17, 15) is 9.90 Å². The number of carbonyl (C=O) groups is 1. The molecule has 14 heavy (non-hydrogen) atoms. The van der Waals surface area contributed by atoms with Crippen LogP contribution >= 0.6 is 0 Å². The molecule has 0 aromatic carbocycles. The van der Waals surface area contributed by atoms with Gasteiger partial charge in [0.1, 0.15) is 5.54 Å². The lowest BCUT2D eigenvalue weighted by Gasteiger charge is -2.41. The van der Waals surface area contributed by atoms with Crippen LogP contribution in [0.3, 0.4) is 0 Å². The summed E-state index contributed by atoms with van der Waals surface area (Å²) < 4.78 is 0. The van der Waals surface area contributed by atoms with Crippen molar-refractivity contribution >= 4 is 5.97 Å². The lowest BCUT2D eigenvalue weighted by molar-refractivity contribution is -0.153. The lowest BCUT2D eigenvalue weighted by atomic mass is 9.90. The van der Waals surface area contributed by atoms with Crippen molar-refractivity contribution in [1.29, 1.82) is 0 Å². The average Bonchev–Trinajstić information content (AvgIpc) is 2.22. The van der Waals surface area contributed by atoms with Crippen molar-refractivity contribution in [2.75, 3.05) is 26.2 Å². The van der Waals surface area contributed by atoms with Gasteiger partial charge in [0.15, 0.2) is 0 Å². The molecule has 0 bridgehead atoms. The first kappa shape index (κ1) is 11.5. The fourth-order valence-corrected chi connectivity index (χ4v) is 2.23. The minimum atomic E-state index is -0.676. The third-order valence-corrected chi connectivity index (χ3v) is 3.29. The van der Waals surface area contributed by atoms with Crippen LogP contribution in [0.5, 0.6) is 0 Å². The summed E-state index contributed by atoms with van der Waals surface area (Å²) in [7, 11) is 0. The van der Waals surface area contributed by atoms with E-state index in [1.54, 1.807) is 0 Å². The Bertz CT molecular complexity index is 196. The highest BCUT2D eigenvalue weighted by molar-refractivity contribution is 5.78. The Kier molecular flexibility index (Phi) is 3.89. The predicted octanol–water partition coefficient (Wildman–Crippen LogP) is 0.535. The molecule has 1 aliphatic rings. The minimum absolute atomic E-state index is 0.637. The number of hydrogen-bond donors (Lipinski definition) is 2. The molecule has 82 valence electrons. The maximum absolute atomic E-state index is 11.3. The van der Waals surface area contributed by atoms with Crippen LogP contribution in [-0.4, -0.2) is 47.7 Å². The topological polar surface area (TPSA) is 52.6 Å². The second kappa shape index (κ2) is 4.75. The fraction of sp³-hybridized carbons (Fsp3) is 0.900. The summed E-state index contributed by atoms with van der Waals surface area (Å²) in [6, 6.07) is 0. The number of carboxylic acid groups (broad SMARTS) is 1. The maximum Gasteiger partial charge on any atom is 0.324 e. The van der Waals surface area contributed by atoms with Gasteiger partial charge >= 0.3 is 5.97 Å². The standard InChI is InChI=1S/C10H20N2O2/c1-3-10(4-2,9(13)14)12-7-5-11-6-8-12/h11H,3-8H2,1-2H3,(H,13,14). The summed E-state index contributed by atoms with van der Waals surface area (Å²) in [6.07, 6.45) is 1.36. The lowest BCUT2D eigenvalue weighted by Crippen LogP contribution is -2.59. The molecule has 0 aromatic heterocycles. The van der Waals surface area contributed by atoms with E-state index in [2.05, 4.69) is 10.2 Å². The fourth-order valence-electron chi connectivity index (χ4n) is 2.23. The Hall–Kier alpha value is -0.610. The number of hydrogen-bond acceptors (Lipinski definition) is 3. The van der Waals surface area contributed by atoms with Gasteiger partial charge in [-0.2, -0.15) is 0 Å². The molecule has 1 saturated heterocycles. The largest absolute Gasteiger partial charge is 0.480 e. The van der Waals surface area contributed by atoms with Crippen molar-refractivity contribution in [3.63, 3.8) is 0 Å². The van der Waals surface area contributed by atoms with Crippen molar-refractivity contribution in [3.8, 4) is 0 Å². The molecule has 4 heteroatoms. The van der Waals surface area contributed by atoms with Gasteiger partial charge in [-0.05, 0) is 12.8 Å². The number of aliphatic carboxylic acids is 1. The summed E-state index contributed by atoms with van der Waals surface area (Å²) >= 11 is 0. The third kappa shape index (κ3) is 1.91. The van der Waals surface area contributed by atoms with Crippen molar-refractivity contribution in [2.24, 2.45) is 0 Å². The van der Waals surface area contributed by atoms with Crippen LogP contribution in [0, 0.1) is 0 Å². The Morgan fingerprint density at radius 2 is 1.86 bits per heavy atom. The van der Waals surface area contributed by atoms with Crippen molar-refractivity contribution in [3.05, 3.63) is 0 Å². The zero-order valence-electron chi connectivity index (χ0n) is 9.05. The van der Waals surface area contributed by atoms with E-state index in [0.29, 0.717) is 12.8 Å². The van der Waals surface area contributed by atoms with Gasteiger partial charge < -0.3 is 10.4 Å². The van der Waals surface area contributed by atoms with Gasteiger partial charge in [-0.3, -0.25) is 9.69 Å². The molecule has 1 fully saturated rings. The van der Waals surface area contributed by atoms with Gasteiger partial charge in [0.05, 0.1) is 0 Å². The SMILES string of the molecule is CCC(CC)(C(=O)O)N1CCNCC1. The molecule has 0 unspecified atom stereocenters. The number of carboxylic acids is 1. The predicted molar refractivity (Wildman–Crippen MR) is 55.4 cm³/mol. The van der Waals surface area contributed by atoms with Crippen molar-refractivity contribution in [2.45, 2.75) is 32.2 Å². The molecule has 4 nitrogen and oxygen atoms in total. The average molecular weight is 200 g/mol. The molecule has 2 N–H and O–H groups in total. The van der Waals surface area contributed by atoms with Crippen molar-refractivity contribution in [1.82, 2.24) is 10.2 Å². The summed E-state index contributed by atoms with van der Waals surface area (Å²) in [6.45, 7) is 7.39. The third-order valence-electron chi connectivity index (χ3n) is 3.29.